The van der Waals surface area contributed by atoms with Crippen LogP contribution in [0.1, 0.15) is 25.3 Å². The maximum Gasteiger partial charge on any atom is 0.122 e. The topological polar surface area (TPSA) is 30.5 Å². The predicted octanol–water partition coefficient (Wildman–Crippen LogP) is 2.64. The Bertz CT molecular complexity index is 436. The van der Waals surface area contributed by atoms with Gasteiger partial charge >= 0.3 is 0 Å². The molecule has 0 saturated carbocycles. The van der Waals surface area contributed by atoms with Gasteiger partial charge in [-0.3, -0.25) is 0 Å². The lowest BCUT2D eigenvalue weighted by molar-refractivity contribution is -0.120. The molecule has 110 valence electrons. The number of hydrogen-bond donors (Lipinski definition) is 1. The summed E-state index contributed by atoms with van der Waals surface area (Å²) in [5.41, 5.74) is 1.57. The molecule has 3 rings (SSSR count). The van der Waals surface area contributed by atoms with E-state index in [1.165, 1.54) is 18.4 Å². The molecule has 2 saturated heterocycles. The Labute approximate surface area is 121 Å². The summed E-state index contributed by atoms with van der Waals surface area (Å²) in [7, 11) is 0. The van der Waals surface area contributed by atoms with Crippen LogP contribution in [0.4, 0.5) is 0 Å². The second kappa shape index (κ2) is 6.15. The van der Waals surface area contributed by atoms with Crippen molar-refractivity contribution in [3.63, 3.8) is 0 Å². The highest BCUT2D eigenvalue weighted by Gasteiger charge is 2.34. The van der Waals surface area contributed by atoms with Crippen LogP contribution in [0.5, 0.6) is 5.75 Å². The van der Waals surface area contributed by atoms with Crippen molar-refractivity contribution in [2.45, 2.75) is 26.2 Å². The molecule has 1 aromatic carbocycles. The molecule has 0 unspecified atom stereocenters. The lowest BCUT2D eigenvalue weighted by Gasteiger charge is -2.37. The summed E-state index contributed by atoms with van der Waals surface area (Å²) in [6.07, 6.45) is 3.70. The second-order valence-electron chi connectivity index (χ2n) is 6.60. The van der Waals surface area contributed by atoms with Gasteiger partial charge in [0.25, 0.3) is 0 Å². The number of nitrogens with one attached hydrogen (secondary N) is 1. The number of benzene rings is 1. The molecule has 2 aliphatic rings. The van der Waals surface area contributed by atoms with Crippen molar-refractivity contribution >= 4 is 0 Å². The number of rotatable bonds is 5. The van der Waals surface area contributed by atoms with Crippen molar-refractivity contribution in [2.75, 3.05) is 32.9 Å². The lowest BCUT2D eigenvalue weighted by Crippen LogP contribution is -2.44. The largest absolute Gasteiger partial charge is 0.493 e. The molecule has 0 amide bonds. The van der Waals surface area contributed by atoms with Gasteiger partial charge in [0.1, 0.15) is 5.75 Å². The van der Waals surface area contributed by atoms with Crippen molar-refractivity contribution in [1.82, 2.24) is 5.32 Å². The Hall–Kier alpha value is -1.06. The van der Waals surface area contributed by atoms with Crippen molar-refractivity contribution in [3.8, 4) is 5.75 Å². The van der Waals surface area contributed by atoms with Gasteiger partial charge in [0.15, 0.2) is 0 Å². The van der Waals surface area contributed by atoms with E-state index in [0.29, 0.717) is 0 Å². The van der Waals surface area contributed by atoms with Crippen molar-refractivity contribution in [2.24, 2.45) is 11.3 Å². The van der Waals surface area contributed by atoms with E-state index in [1.54, 1.807) is 0 Å². The molecule has 0 radical (unpaired) electrons. The van der Waals surface area contributed by atoms with E-state index in [9.17, 15) is 0 Å². The fourth-order valence-electron chi connectivity index (χ4n) is 3.00. The Morgan fingerprint density at radius 1 is 1.25 bits per heavy atom. The number of para-hydroxylation sites is 1. The summed E-state index contributed by atoms with van der Waals surface area (Å²) < 4.78 is 11.4. The quantitative estimate of drug-likeness (QED) is 0.896. The van der Waals surface area contributed by atoms with E-state index < -0.39 is 0 Å². The minimum atomic E-state index is 0.210. The van der Waals surface area contributed by atoms with Crippen molar-refractivity contribution in [1.29, 1.82) is 0 Å². The highest BCUT2D eigenvalue weighted by Crippen LogP contribution is 2.30. The summed E-state index contributed by atoms with van der Waals surface area (Å²) in [4.78, 5) is 0. The standard InChI is InChI=1S/C17H25NO2/c1-17(11-19-12-17)13-20-16-5-3-2-4-15(16)10-14-6-8-18-9-7-14/h2-5,14,18H,6-13H2,1H3. The van der Waals surface area contributed by atoms with E-state index in [2.05, 4.69) is 36.5 Å². The average molecular weight is 275 g/mol. The molecule has 3 nitrogen and oxygen atoms in total. The summed E-state index contributed by atoms with van der Waals surface area (Å²) in [6, 6.07) is 8.52. The third kappa shape index (κ3) is 3.33. The van der Waals surface area contributed by atoms with E-state index in [1.807, 2.05) is 0 Å². The summed E-state index contributed by atoms with van der Waals surface area (Å²) in [6.45, 7) is 6.95. The Morgan fingerprint density at radius 2 is 2.00 bits per heavy atom. The minimum absolute atomic E-state index is 0.210. The maximum absolute atomic E-state index is 6.09. The fourth-order valence-corrected chi connectivity index (χ4v) is 3.00. The first kappa shape index (κ1) is 13.9. The third-order valence-corrected chi connectivity index (χ3v) is 4.42. The first-order valence-corrected chi connectivity index (χ1v) is 7.74. The molecule has 0 bridgehead atoms. The van der Waals surface area contributed by atoms with Crippen LogP contribution >= 0.6 is 0 Å². The van der Waals surface area contributed by atoms with E-state index in [0.717, 1.165) is 51.0 Å². The zero-order valence-electron chi connectivity index (χ0n) is 12.4. The van der Waals surface area contributed by atoms with Gasteiger partial charge in [-0.15, -0.1) is 0 Å². The highest BCUT2D eigenvalue weighted by atomic mass is 16.5. The molecular weight excluding hydrogens is 250 g/mol. The maximum atomic E-state index is 6.09. The third-order valence-electron chi connectivity index (χ3n) is 4.42. The van der Waals surface area contributed by atoms with Crippen LogP contribution in [0.25, 0.3) is 0 Å². The molecule has 2 aliphatic heterocycles. The van der Waals surface area contributed by atoms with Gasteiger partial charge in [-0.05, 0) is 49.9 Å². The summed E-state index contributed by atoms with van der Waals surface area (Å²) in [5, 5.41) is 3.43. The predicted molar refractivity (Wildman–Crippen MR) is 80.2 cm³/mol. The summed E-state index contributed by atoms with van der Waals surface area (Å²) in [5.74, 6) is 1.86. The van der Waals surface area contributed by atoms with E-state index in [-0.39, 0.29) is 5.41 Å². The Morgan fingerprint density at radius 3 is 2.70 bits per heavy atom. The zero-order chi connectivity index (χ0) is 13.8. The van der Waals surface area contributed by atoms with Crippen molar-refractivity contribution in [3.05, 3.63) is 29.8 Å². The van der Waals surface area contributed by atoms with Gasteiger partial charge in [0.05, 0.1) is 19.8 Å². The second-order valence-corrected chi connectivity index (χ2v) is 6.60. The molecule has 2 heterocycles. The molecule has 1 aromatic rings. The van der Waals surface area contributed by atoms with Gasteiger partial charge in [0, 0.05) is 5.41 Å². The molecule has 0 atom stereocenters. The van der Waals surface area contributed by atoms with Gasteiger partial charge in [0.2, 0.25) is 0 Å². The van der Waals surface area contributed by atoms with Gasteiger partial charge in [-0.2, -0.15) is 0 Å². The molecular formula is C17H25NO2. The van der Waals surface area contributed by atoms with Crippen LogP contribution in [0, 0.1) is 11.3 Å². The Balaban J connectivity index is 1.61. The normalized spacial score (nSPS) is 22.2. The molecule has 3 heteroatoms. The van der Waals surface area contributed by atoms with E-state index >= 15 is 0 Å². The number of hydrogen-bond acceptors (Lipinski definition) is 3. The molecule has 0 aliphatic carbocycles. The van der Waals surface area contributed by atoms with Crippen LogP contribution < -0.4 is 10.1 Å². The van der Waals surface area contributed by atoms with Crippen LogP contribution in [0.15, 0.2) is 24.3 Å². The smallest absolute Gasteiger partial charge is 0.122 e. The molecule has 20 heavy (non-hydrogen) atoms. The SMILES string of the molecule is CC1(COc2ccccc2CC2CCNCC2)COC1. The van der Waals surface area contributed by atoms with Gasteiger partial charge < -0.3 is 14.8 Å². The first-order valence-electron chi connectivity index (χ1n) is 7.74. The van der Waals surface area contributed by atoms with Crippen LogP contribution in [-0.2, 0) is 11.2 Å². The number of piperidine rings is 1. The zero-order valence-corrected chi connectivity index (χ0v) is 12.4. The summed E-state index contributed by atoms with van der Waals surface area (Å²) >= 11 is 0. The molecule has 0 spiro atoms. The van der Waals surface area contributed by atoms with Crippen LogP contribution in [0.2, 0.25) is 0 Å². The van der Waals surface area contributed by atoms with Crippen molar-refractivity contribution < 1.29 is 9.47 Å². The van der Waals surface area contributed by atoms with Crippen LogP contribution in [0.3, 0.4) is 0 Å². The van der Waals surface area contributed by atoms with E-state index in [4.69, 9.17) is 9.47 Å². The van der Waals surface area contributed by atoms with Gasteiger partial charge in [-0.1, -0.05) is 25.1 Å². The first-order chi connectivity index (χ1) is 9.75. The Kier molecular flexibility index (Phi) is 4.27. The molecule has 0 aromatic heterocycles. The molecule has 1 N–H and O–H groups in total. The molecule has 2 fully saturated rings. The fraction of sp³-hybridized carbons (Fsp3) is 0.647. The van der Waals surface area contributed by atoms with Gasteiger partial charge in [-0.25, -0.2) is 0 Å². The minimum Gasteiger partial charge on any atom is -0.493 e. The monoisotopic (exact) mass is 275 g/mol. The lowest BCUT2D eigenvalue weighted by atomic mass is 9.89. The highest BCUT2D eigenvalue weighted by molar-refractivity contribution is 5.33. The van der Waals surface area contributed by atoms with Crippen LogP contribution in [-0.4, -0.2) is 32.9 Å². The number of ether oxygens (including phenoxy) is 2. The average Bonchev–Trinajstić information content (AvgIpc) is 2.45.